The summed E-state index contributed by atoms with van der Waals surface area (Å²) in [5, 5.41) is 0.987. The van der Waals surface area contributed by atoms with Crippen molar-refractivity contribution in [3.8, 4) is 0 Å². The lowest BCUT2D eigenvalue weighted by molar-refractivity contribution is -0.139. The van der Waals surface area contributed by atoms with Gasteiger partial charge in [0.1, 0.15) is 4.38 Å². The zero-order valence-corrected chi connectivity index (χ0v) is 14.6. The number of hydrogen-bond donors (Lipinski definition) is 0. The molecule has 0 atom stereocenters. The highest BCUT2D eigenvalue weighted by atomic mass is 35.5. The van der Waals surface area contributed by atoms with E-state index in [1.807, 2.05) is 0 Å². The minimum Gasteiger partial charge on any atom is -0.465 e. The molecule has 0 saturated carbocycles. The van der Waals surface area contributed by atoms with Crippen LogP contribution in [0.25, 0.3) is 6.08 Å². The Hall–Kier alpha value is -0.950. The van der Waals surface area contributed by atoms with E-state index in [0.29, 0.717) is 31.5 Å². The highest BCUT2D eigenvalue weighted by Gasteiger charge is 2.23. The number of rotatable bonds is 4. The standard InChI is InChI=1S/C14H11Cl2NO3S2/c1-2-20-12(18)7-21-14-17-13(19)11(22-14)5-8-3-4-9(15)6-10(8)16/h3-6H,2,7H2,1H3/b11-5+. The van der Waals surface area contributed by atoms with Crippen LogP contribution in [0.5, 0.6) is 0 Å². The summed E-state index contributed by atoms with van der Waals surface area (Å²) in [7, 11) is 0. The molecule has 22 heavy (non-hydrogen) atoms. The van der Waals surface area contributed by atoms with Crippen molar-refractivity contribution < 1.29 is 14.3 Å². The Balaban J connectivity index is 2.02. The molecule has 116 valence electrons. The summed E-state index contributed by atoms with van der Waals surface area (Å²) in [4.78, 5) is 27.5. The topological polar surface area (TPSA) is 55.7 Å². The number of carbonyl (C=O) groups is 2. The fourth-order valence-electron chi connectivity index (χ4n) is 1.53. The lowest BCUT2D eigenvalue weighted by Gasteiger charge is -2.01. The fourth-order valence-corrected chi connectivity index (χ4v) is 3.79. The molecule has 1 aliphatic rings. The number of esters is 1. The Labute approximate surface area is 146 Å². The largest absolute Gasteiger partial charge is 0.465 e. The molecule has 0 spiro atoms. The van der Waals surface area contributed by atoms with Crippen LogP contribution in [0.4, 0.5) is 0 Å². The molecule has 1 amide bonds. The van der Waals surface area contributed by atoms with Gasteiger partial charge in [0.2, 0.25) is 0 Å². The first kappa shape index (κ1) is 17.4. The van der Waals surface area contributed by atoms with Gasteiger partial charge in [0.15, 0.2) is 0 Å². The molecule has 0 N–H and O–H groups in total. The van der Waals surface area contributed by atoms with Crippen molar-refractivity contribution in [2.24, 2.45) is 4.99 Å². The lowest BCUT2D eigenvalue weighted by atomic mass is 10.2. The molecule has 4 nitrogen and oxygen atoms in total. The maximum atomic E-state index is 11.9. The minimum absolute atomic E-state index is 0.127. The van der Waals surface area contributed by atoms with Gasteiger partial charge in [-0.15, -0.1) is 0 Å². The maximum Gasteiger partial charge on any atom is 0.316 e. The summed E-state index contributed by atoms with van der Waals surface area (Å²) in [5.74, 6) is -0.550. The van der Waals surface area contributed by atoms with Gasteiger partial charge < -0.3 is 4.74 Å². The number of benzene rings is 1. The first-order chi connectivity index (χ1) is 10.5. The highest BCUT2D eigenvalue weighted by Crippen LogP contribution is 2.35. The van der Waals surface area contributed by atoms with Crippen LogP contribution in [0.15, 0.2) is 28.1 Å². The second-order valence-corrected chi connectivity index (χ2v) is 7.15. The Morgan fingerprint density at radius 2 is 2.23 bits per heavy atom. The number of aliphatic imine (C=N–C) groups is 1. The summed E-state index contributed by atoms with van der Waals surface area (Å²) in [6, 6.07) is 5.04. The molecule has 0 radical (unpaired) electrons. The molecular formula is C14H11Cl2NO3S2. The van der Waals surface area contributed by atoms with Crippen molar-refractivity contribution >= 4 is 69.1 Å². The van der Waals surface area contributed by atoms with Crippen molar-refractivity contribution in [1.29, 1.82) is 0 Å². The second kappa shape index (κ2) is 8.06. The molecule has 0 aromatic heterocycles. The molecule has 0 fully saturated rings. The quantitative estimate of drug-likeness (QED) is 0.581. The van der Waals surface area contributed by atoms with Crippen LogP contribution in [0, 0.1) is 0 Å². The van der Waals surface area contributed by atoms with E-state index in [0.717, 1.165) is 0 Å². The third-order valence-electron chi connectivity index (χ3n) is 2.47. The van der Waals surface area contributed by atoms with Crippen LogP contribution in [0.2, 0.25) is 10.0 Å². The molecule has 1 aromatic carbocycles. The van der Waals surface area contributed by atoms with E-state index >= 15 is 0 Å². The zero-order valence-electron chi connectivity index (χ0n) is 11.5. The van der Waals surface area contributed by atoms with E-state index in [-0.39, 0.29) is 17.6 Å². The smallest absolute Gasteiger partial charge is 0.316 e. The summed E-state index contributed by atoms with van der Waals surface area (Å²) >= 11 is 14.3. The zero-order chi connectivity index (χ0) is 16.1. The highest BCUT2D eigenvalue weighted by molar-refractivity contribution is 8.41. The molecular weight excluding hydrogens is 365 g/mol. The number of carbonyl (C=O) groups excluding carboxylic acids is 2. The number of nitrogens with zero attached hydrogens (tertiary/aromatic N) is 1. The number of ether oxygens (including phenoxy) is 1. The Morgan fingerprint density at radius 1 is 1.45 bits per heavy atom. The van der Waals surface area contributed by atoms with Gasteiger partial charge in [-0.05, 0) is 30.7 Å². The summed E-state index contributed by atoms with van der Waals surface area (Å²) in [6.45, 7) is 2.07. The van der Waals surface area contributed by atoms with Crippen LogP contribution >= 0.6 is 46.7 Å². The van der Waals surface area contributed by atoms with Crippen LogP contribution < -0.4 is 0 Å². The van der Waals surface area contributed by atoms with Gasteiger partial charge in [-0.1, -0.05) is 52.8 Å². The summed E-state index contributed by atoms with van der Waals surface area (Å²) in [5.41, 5.74) is 0.689. The fraction of sp³-hybridized carbons (Fsp3) is 0.214. The molecule has 0 saturated heterocycles. The first-order valence-corrected chi connectivity index (χ1v) is 8.81. The SMILES string of the molecule is CCOC(=O)CSC1=NC(=O)/C(=C\c2ccc(Cl)cc2Cl)S1. The predicted octanol–water partition coefficient (Wildman–Crippen LogP) is 4.26. The Kier molecular flexibility index (Phi) is 6.37. The Bertz CT molecular complexity index is 674. The van der Waals surface area contributed by atoms with E-state index in [9.17, 15) is 9.59 Å². The van der Waals surface area contributed by atoms with Gasteiger partial charge in [0.25, 0.3) is 5.91 Å². The molecule has 1 aromatic rings. The van der Waals surface area contributed by atoms with Gasteiger partial charge in [0.05, 0.1) is 17.3 Å². The van der Waals surface area contributed by atoms with Crippen LogP contribution in [0.3, 0.4) is 0 Å². The minimum atomic E-state index is -0.345. The van der Waals surface area contributed by atoms with E-state index in [1.54, 1.807) is 31.2 Å². The number of amides is 1. The molecule has 0 bridgehead atoms. The number of thioether (sulfide) groups is 2. The Morgan fingerprint density at radius 3 is 2.91 bits per heavy atom. The molecule has 1 heterocycles. The maximum absolute atomic E-state index is 11.9. The predicted molar refractivity (Wildman–Crippen MR) is 93.6 cm³/mol. The molecule has 8 heteroatoms. The van der Waals surface area contributed by atoms with Crippen LogP contribution in [-0.2, 0) is 14.3 Å². The third kappa shape index (κ3) is 4.78. The van der Waals surface area contributed by atoms with Crippen molar-refractivity contribution in [1.82, 2.24) is 0 Å². The molecule has 0 aliphatic carbocycles. The van der Waals surface area contributed by atoms with Gasteiger partial charge in [-0.2, -0.15) is 4.99 Å². The molecule has 1 aliphatic heterocycles. The summed E-state index contributed by atoms with van der Waals surface area (Å²) < 4.78 is 5.35. The molecule has 2 rings (SSSR count). The average molecular weight is 376 g/mol. The van der Waals surface area contributed by atoms with Gasteiger partial charge in [0, 0.05) is 10.0 Å². The number of hydrogen-bond acceptors (Lipinski definition) is 5. The van der Waals surface area contributed by atoms with Gasteiger partial charge in [-0.25, -0.2) is 0 Å². The van der Waals surface area contributed by atoms with Crippen molar-refractivity contribution in [2.45, 2.75) is 6.92 Å². The van der Waals surface area contributed by atoms with Crippen molar-refractivity contribution in [2.75, 3.05) is 12.4 Å². The van der Waals surface area contributed by atoms with E-state index in [1.165, 1.54) is 23.5 Å². The normalized spacial score (nSPS) is 16.0. The monoisotopic (exact) mass is 375 g/mol. The lowest BCUT2D eigenvalue weighted by Crippen LogP contribution is -2.07. The summed E-state index contributed by atoms with van der Waals surface area (Å²) in [6.07, 6.45) is 1.66. The van der Waals surface area contributed by atoms with Crippen LogP contribution in [-0.4, -0.2) is 28.6 Å². The number of halogens is 2. The van der Waals surface area contributed by atoms with Crippen molar-refractivity contribution in [3.05, 3.63) is 38.7 Å². The van der Waals surface area contributed by atoms with E-state index in [4.69, 9.17) is 27.9 Å². The first-order valence-electron chi connectivity index (χ1n) is 6.25. The average Bonchev–Trinajstić information content (AvgIpc) is 2.80. The van der Waals surface area contributed by atoms with E-state index in [2.05, 4.69) is 4.99 Å². The van der Waals surface area contributed by atoms with Crippen LogP contribution in [0.1, 0.15) is 12.5 Å². The van der Waals surface area contributed by atoms with E-state index < -0.39 is 0 Å². The second-order valence-electron chi connectivity index (χ2n) is 4.05. The van der Waals surface area contributed by atoms with Crippen molar-refractivity contribution in [3.63, 3.8) is 0 Å². The molecule has 0 unspecified atom stereocenters. The third-order valence-corrected chi connectivity index (χ3v) is 5.13. The van der Waals surface area contributed by atoms with Gasteiger partial charge in [-0.3, -0.25) is 9.59 Å². The van der Waals surface area contributed by atoms with Gasteiger partial charge >= 0.3 is 5.97 Å².